The molecule has 0 bridgehead atoms. The van der Waals surface area contributed by atoms with Crippen molar-refractivity contribution >= 4 is 57.1 Å². The maximum atomic E-state index is 13.9. The molecule has 0 aromatic heterocycles. The van der Waals surface area contributed by atoms with Crippen LogP contribution in [0.2, 0.25) is 10.0 Å². The van der Waals surface area contributed by atoms with Gasteiger partial charge in [-0.1, -0.05) is 53.5 Å². The monoisotopic (exact) mass is 548 g/mol. The Kier molecular flexibility index (Phi) is 7.02. The Morgan fingerprint density at radius 3 is 2.55 bits per heavy atom. The number of amides is 3. The van der Waals surface area contributed by atoms with Crippen LogP contribution in [0.15, 0.2) is 70.8 Å². The fourth-order valence-electron chi connectivity index (χ4n) is 3.19. The topological polar surface area (TPSA) is 58.6 Å². The molecule has 5 nitrogen and oxygen atoms in total. The summed E-state index contributed by atoms with van der Waals surface area (Å²) in [6.07, 6.45) is 1.55. The van der Waals surface area contributed by atoms with Crippen molar-refractivity contribution in [3.8, 4) is 5.75 Å². The van der Waals surface area contributed by atoms with E-state index in [0.29, 0.717) is 25.8 Å². The van der Waals surface area contributed by atoms with Crippen molar-refractivity contribution in [3.05, 3.63) is 103 Å². The first-order valence-electron chi connectivity index (χ1n) is 9.76. The molecule has 4 rings (SSSR count). The maximum absolute atomic E-state index is 13.9. The molecule has 3 amide bonds. The van der Waals surface area contributed by atoms with Gasteiger partial charge >= 0.3 is 6.03 Å². The van der Waals surface area contributed by atoms with Crippen molar-refractivity contribution in [2.45, 2.75) is 13.2 Å². The molecule has 0 radical (unpaired) electrons. The summed E-state index contributed by atoms with van der Waals surface area (Å²) in [6, 6.07) is 15.9. The summed E-state index contributed by atoms with van der Waals surface area (Å²) < 4.78 is 20.4. The van der Waals surface area contributed by atoms with Crippen molar-refractivity contribution in [1.82, 2.24) is 10.2 Å². The average molecular weight is 550 g/mol. The van der Waals surface area contributed by atoms with Crippen LogP contribution in [0.1, 0.15) is 16.7 Å². The largest absolute Gasteiger partial charge is 0.488 e. The molecule has 0 aliphatic carbocycles. The number of carbonyl (C=O) groups excluding carboxylic acids is 2. The number of ether oxygens (including phenoxy) is 1. The standard InChI is InChI=1S/C24H16BrCl2FN2O3/c25-17-9-14(6-8-22(17)33-13-15-5-7-18(26)19(27)10-15)11-21-23(31)30(24(32)29-21)12-16-3-1-2-4-20(16)28/h1-11H,12-13H2,(H,29,32)/b21-11+. The van der Waals surface area contributed by atoms with Gasteiger partial charge in [-0.2, -0.15) is 0 Å². The van der Waals surface area contributed by atoms with Gasteiger partial charge in [-0.3, -0.25) is 9.69 Å². The van der Waals surface area contributed by atoms with E-state index in [9.17, 15) is 14.0 Å². The lowest BCUT2D eigenvalue weighted by Gasteiger charge is -2.12. The Morgan fingerprint density at radius 1 is 1.03 bits per heavy atom. The van der Waals surface area contributed by atoms with Gasteiger partial charge in [-0.15, -0.1) is 0 Å². The minimum Gasteiger partial charge on any atom is -0.488 e. The Balaban J connectivity index is 1.46. The molecule has 33 heavy (non-hydrogen) atoms. The quantitative estimate of drug-likeness (QED) is 0.279. The highest BCUT2D eigenvalue weighted by Gasteiger charge is 2.34. The van der Waals surface area contributed by atoms with Crippen molar-refractivity contribution < 1.29 is 18.7 Å². The molecule has 0 saturated carbocycles. The third kappa shape index (κ3) is 5.38. The molecule has 3 aromatic carbocycles. The van der Waals surface area contributed by atoms with Gasteiger partial charge in [-0.25, -0.2) is 9.18 Å². The number of imide groups is 1. The molecule has 0 unspecified atom stereocenters. The van der Waals surface area contributed by atoms with E-state index in [0.717, 1.165) is 10.5 Å². The number of hydrogen-bond donors (Lipinski definition) is 1. The van der Waals surface area contributed by atoms with E-state index in [-0.39, 0.29) is 24.4 Å². The van der Waals surface area contributed by atoms with Crippen LogP contribution in [0.3, 0.4) is 0 Å². The SMILES string of the molecule is O=C1N/C(=C/c2ccc(OCc3ccc(Cl)c(Cl)c3)c(Br)c2)C(=O)N1Cc1ccccc1F. The summed E-state index contributed by atoms with van der Waals surface area (Å²) in [4.78, 5) is 25.9. The van der Waals surface area contributed by atoms with Gasteiger partial charge in [0, 0.05) is 5.56 Å². The summed E-state index contributed by atoms with van der Waals surface area (Å²) in [7, 11) is 0. The minimum absolute atomic E-state index is 0.104. The molecule has 9 heteroatoms. The lowest BCUT2D eigenvalue weighted by molar-refractivity contribution is -0.123. The zero-order valence-corrected chi connectivity index (χ0v) is 20.0. The fourth-order valence-corrected chi connectivity index (χ4v) is 4.02. The van der Waals surface area contributed by atoms with E-state index in [1.54, 1.807) is 48.5 Å². The highest BCUT2D eigenvalue weighted by atomic mass is 79.9. The molecule has 0 spiro atoms. The van der Waals surface area contributed by atoms with Gasteiger partial charge in [0.25, 0.3) is 5.91 Å². The molecule has 1 aliphatic rings. The highest BCUT2D eigenvalue weighted by molar-refractivity contribution is 9.10. The van der Waals surface area contributed by atoms with Crippen LogP contribution in [-0.4, -0.2) is 16.8 Å². The second-order valence-electron chi connectivity index (χ2n) is 7.20. The number of nitrogens with zero attached hydrogens (tertiary/aromatic N) is 1. The number of hydrogen-bond acceptors (Lipinski definition) is 3. The van der Waals surface area contributed by atoms with Crippen LogP contribution in [0, 0.1) is 5.82 Å². The third-order valence-electron chi connectivity index (χ3n) is 4.89. The highest BCUT2D eigenvalue weighted by Crippen LogP contribution is 2.29. The summed E-state index contributed by atoms with van der Waals surface area (Å²) in [5.41, 5.74) is 1.89. The van der Waals surface area contributed by atoms with Gasteiger partial charge in [-0.05, 0) is 63.5 Å². The number of rotatable bonds is 6. The Labute approximate surface area is 207 Å². The number of benzene rings is 3. The normalized spacial score (nSPS) is 14.7. The molecule has 1 N–H and O–H groups in total. The zero-order chi connectivity index (χ0) is 23.5. The minimum atomic E-state index is -0.602. The second kappa shape index (κ2) is 9.95. The number of carbonyl (C=O) groups is 2. The first kappa shape index (κ1) is 23.3. The zero-order valence-electron chi connectivity index (χ0n) is 16.9. The number of urea groups is 1. The Morgan fingerprint density at radius 2 is 1.82 bits per heavy atom. The Hall–Kier alpha value is -2.87. The molecular formula is C24H16BrCl2FN2O3. The Bertz CT molecular complexity index is 1280. The van der Waals surface area contributed by atoms with E-state index in [1.165, 1.54) is 12.1 Å². The number of nitrogens with one attached hydrogen (secondary N) is 1. The molecule has 1 saturated heterocycles. The van der Waals surface area contributed by atoms with Crippen LogP contribution in [0.4, 0.5) is 9.18 Å². The van der Waals surface area contributed by atoms with Gasteiger partial charge in [0.15, 0.2) is 0 Å². The van der Waals surface area contributed by atoms with Gasteiger partial charge in [0.05, 0.1) is 21.1 Å². The van der Waals surface area contributed by atoms with Crippen LogP contribution in [0.25, 0.3) is 6.08 Å². The fraction of sp³-hybridized carbons (Fsp3) is 0.0833. The van der Waals surface area contributed by atoms with Crippen molar-refractivity contribution in [2.24, 2.45) is 0 Å². The van der Waals surface area contributed by atoms with E-state index in [4.69, 9.17) is 27.9 Å². The molecule has 168 valence electrons. The van der Waals surface area contributed by atoms with Crippen LogP contribution in [0.5, 0.6) is 5.75 Å². The summed E-state index contributed by atoms with van der Waals surface area (Å²) in [6.45, 7) is 0.134. The van der Waals surface area contributed by atoms with E-state index < -0.39 is 17.8 Å². The first-order valence-corrected chi connectivity index (χ1v) is 11.3. The van der Waals surface area contributed by atoms with Gasteiger partial charge < -0.3 is 10.1 Å². The maximum Gasteiger partial charge on any atom is 0.329 e. The number of halogens is 4. The second-order valence-corrected chi connectivity index (χ2v) is 8.87. The average Bonchev–Trinajstić information content (AvgIpc) is 3.04. The van der Waals surface area contributed by atoms with E-state index >= 15 is 0 Å². The van der Waals surface area contributed by atoms with E-state index in [1.807, 2.05) is 6.07 Å². The van der Waals surface area contributed by atoms with Crippen molar-refractivity contribution in [1.29, 1.82) is 0 Å². The molecule has 3 aromatic rings. The molecule has 1 fully saturated rings. The summed E-state index contributed by atoms with van der Waals surface area (Å²) in [5, 5.41) is 3.46. The van der Waals surface area contributed by atoms with Crippen LogP contribution < -0.4 is 10.1 Å². The van der Waals surface area contributed by atoms with Crippen molar-refractivity contribution in [2.75, 3.05) is 0 Å². The predicted molar refractivity (Wildman–Crippen MR) is 128 cm³/mol. The smallest absolute Gasteiger partial charge is 0.329 e. The lowest BCUT2D eigenvalue weighted by Crippen LogP contribution is -2.30. The van der Waals surface area contributed by atoms with E-state index in [2.05, 4.69) is 21.2 Å². The van der Waals surface area contributed by atoms with Gasteiger partial charge in [0.2, 0.25) is 0 Å². The van der Waals surface area contributed by atoms with Gasteiger partial charge in [0.1, 0.15) is 23.9 Å². The van der Waals surface area contributed by atoms with Crippen molar-refractivity contribution in [3.63, 3.8) is 0 Å². The lowest BCUT2D eigenvalue weighted by atomic mass is 10.1. The molecule has 1 aliphatic heterocycles. The summed E-state index contributed by atoms with van der Waals surface area (Å²) in [5.74, 6) is -0.415. The summed E-state index contributed by atoms with van der Waals surface area (Å²) >= 11 is 15.4. The molecule has 0 atom stereocenters. The van der Waals surface area contributed by atoms with Crippen LogP contribution in [-0.2, 0) is 17.9 Å². The predicted octanol–water partition coefficient (Wildman–Crippen LogP) is 6.57. The third-order valence-corrected chi connectivity index (χ3v) is 6.25. The first-order chi connectivity index (χ1) is 15.8. The molecular weight excluding hydrogens is 534 g/mol. The van der Waals surface area contributed by atoms with Crippen LogP contribution >= 0.6 is 39.1 Å². The molecule has 1 heterocycles.